The van der Waals surface area contributed by atoms with Gasteiger partial charge in [0, 0.05) is 16.8 Å². The number of anilines is 1. The third kappa shape index (κ3) is 2.82. The number of ether oxygens (including phenoxy) is 1. The van der Waals surface area contributed by atoms with E-state index in [1.165, 1.54) is 11.3 Å². The maximum absolute atomic E-state index is 12.2. The second-order valence-electron chi connectivity index (χ2n) is 5.30. The first kappa shape index (κ1) is 14.6. The molecule has 22 heavy (non-hydrogen) atoms. The molecule has 2 heterocycles. The van der Waals surface area contributed by atoms with E-state index in [0.717, 1.165) is 22.0 Å². The normalized spacial score (nSPS) is 11.1. The standard InChI is InChI=1S/C16H17N3O2S/c1-9(2)17-16-19-14(8-22-16)13-7-10-6-11(21-3)4-5-12(10)15(20)18-13/h4-9H,1-3H3,(H,17,19)(H,18,20). The molecule has 2 aromatic heterocycles. The highest BCUT2D eigenvalue weighted by molar-refractivity contribution is 7.14. The Morgan fingerprint density at radius 2 is 2.14 bits per heavy atom. The number of thiazole rings is 1. The molecule has 0 bridgehead atoms. The van der Waals surface area contributed by atoms with Crippen LogP contribution in [0.25, 0.3) is 22.2 Å². The van der Waals surface area contributed by atoms with Crippen molar-refractivity contribution in [1.29, 1.82) is 0 Å². The maximum atomic E-state index is 12.2. The van der Waals surface area contributed by atoms with Gasteiger partial charge in [0.1, 0.15) is 5.75 Å². The molecule has 0 aliphatic heterocycles. The minimum atomic E-state index is -0.124. The summed E-state index contributed by atoms with van der Waals surface area (Å²) in [6, 6.07) is 7.65. The molecule has 3 rings (SSSR count). The molecule has 6 heteroatoms. The Morgan fingerprint density at radius 3 is 2.86 bits per heavy atom. The molecule has 5 nitrogen and oxygen atoms in total. The largest absolute Gasteiger partial charge is 0.497 e. The minimum absolute atomic E-state index is 0.124. The molecule has 114 valence electrons. The third-order valence-corrected chi connectivity index (χ3v) is 4.02. The van der Waals surface area contributed by atoms with Crippen LogP contribution in [0, 0.1) is 0 Å². The van der Waals surface area contributed by atoms with Gasteiger partial charge in [0.25, 0.3) is 5.56 Å². The zero-order valence-corrected chi connectivity index (χ0v) is 13.5. The number of aromatic nitrogens is 2. The van der Waals surface area contributed by atoms with Gasteiger partial charge in [0.05, 0.1) is 18.5 Å². The van der Waals surface area contributed by atoms with Gasteiger partial charge in [-0.25, -0.2) is 4.98 Å². The second kappa shape index (κ2) is 5.81. The Hall–Kier alpha value is -2.34. The first-order valence-electron chi connectivity index (χ1n) is 7.00. The van der Waals surface area contributed by atoms with Gasteiger partial charge in [0.2, 0.25) is 0 Å². The number of hydrogen-bond donors (Lipinski definition) is 2. The molecule has 0 saturated carbocycles. The zero-order valence-electron chi connectivity index (χ0n) is 12.6. The summed E-state index contributed by atoms with van der Waals surface area (Å²) in [6.07, 6.45) is 0. The van der Waals surface area contributed by atoms with E-state index in [2.05, 4.69) is 29.1 Å². The average molecular weight is 315 g/mol. The molecule has 3 aromatic rings. The van der Waals surface area contributed by atoms with Crippen LogP contribution in [0.3, 0.4) is 0 Å². The number of methoxy groups -OCH3 is 1. The van der Waals surface area contributed by atoms with Crippen LogP contribution in [-0.4, -0.2) is 23.1 Å². The lowest BCUT2D eigenvalue weighted by Crippen LogP contribution is -2.09. The maximum Gasteiger partial charge on any atom is 0.256 e. The number of fused-ring (bicyclic) bond motifs is 1. The van der Waals surface area contributed by atoms with E-state index in [9.17, 15) is 4.79 Å². The Bertz CT molecular complexity index is 867. The molecule has 0 amide bonds. The van der Waals surface area contributed by atoms with Crippen LogP contribution in [-0.2, 0) is 0 Å². The van der Waals surface area contributed by atoms with Crippen molar-refractivity contribution in [3.05, 3.63) is 40.0 Å². The monoisotopic (exact) mass is 315 g/mol. The van der Waals surface area contributed by atoms with Crippen molar-refractivity contribution in [3.8, 4) is 17.1 Å². The van der Waals surface area contributed by atoms with Gasteiger partial charge in [-0.3, -0.25) is 4.79 Å². The quantitative estimate of drug-likeness (QED) is 0.773. The molecule has 0 aliphatic carbocycles. The Kier molecular flexibility index (Phi) is 3.85. The summed E-state index contributed by atoms with van der Waals surface area (Å²) in [7, 11) is 1.61. The van der Waals surface area contributed by atoms with Crippen LogP contribution < -0.4 is 15.6 Å². The average Bonchev–Trinajstić information content (AvgIpc) is 2.94. The predicted octanol–water partition coefficient (Wildman–Crippen LogP) is 3.48. The Labute approximate surface area is 132 Å². The van der Waals surface area contributed by atoms with Crippen LogP contribution in [0.5, 0.6) is 5.75 Å². The van der Waals surface area contributed by atoms with Crippen molar-refractivity contribution in [1.82, 2.24) is 9.97 Å². The number of nitrogens with zero attached hydrogens (tertiary/aromatic N) is 1. The number of pyridine rings is 1. The fourth-order valence-electron chi connectivity index (χ4n) is 2.22. The van der Waals surface area contributed by atoms with Crippen LogP contribution in [0.4, 0.5) is 5.13 Å². The summed E-state index contributed by atoms with van der Waals surface area (Å²) in [6.45, 7) is 4.12. The number of nitrogens with one attached hydrogen (secondary N) is 2. The smallest absolute Gasteiger partial charge is 0.256 e. The van der Waals surface area contributed by atoms with Gasteiger partial charge >= 0.3 is 0 Å². The fraction of sp³-hybridized carbons (Fsp3) is 0.250. The van der Waals surface area contributed by atoms with Crippen LogP contribution in [0.1, 0.15) is 13.8 Å². The van der Waals surface area contributed by atoms with Gasteiger partial charge < -0.3 is 15.0 Å². The second-order valence-corrected chi connectivity index (χ2v) is 6.16. The molecule has 0 saturated heterocycles. The van der Waals surface area contributed by atoms with Crippen LogP contribution >= 0.6 is 11.3 Å². The summed E-state index contributed by atoms with van der Waals surface area (Å²) >= 11 is 1.52. The zero-order chi connectivity index (χ0) is 15.7. The Balaban J connectivity index is 2.07. The van der Waals surface area contributed by atoms with E-state index >= 15 is 0 Å². The van der Waals surface area contributed by atoms with E-state index in [-0.39, 0.29) is 5.56 Å². The molecule has 0 spiro atoms. The van der Waals surface area contributed by atoms with Crippen molar-refractivity contribution in [2.24, 2.45) is 0 Å². The number of rotatable bonds is 4. The first-order chi connectivity index (χ1) is 10.6. The SMILES string of the molecule is COc1ccc2c(=O)[nH]c(-c3csc(NC(C)C)n3)cc2c1. The minimum Gasteiger partial charge on any atom is -0.497 e. The van der Waals surface area contributed by atoms with Gasteiger partial charge in [-0.15, -0.1) is 11.3 Å². The molecular formula is C16H17N3O2S. The van der Waals surface area contributed by atoms with Crippen LogP contribution in [0.2, 0.25) is 0 Å². The number of aromatic amines is 1. The highest BCUT2D eigenvalue weighted by Gasteiger charge is 2.09. The topological polar surface area (TPSA) is 67.0 Å². The van der Waals surface area contributed by atoms with E-state index in [4.69, 9.17) is 4.74 Å². The van der Waals surface area contributed by atoms with Crippen molar-refractivity contribution in [2.75, 3.05) is 12.4 Å². The lowest BCUT2D eigenvalue weighted by Gasteiger charge is -2.05. The van der Waals surface area contributed by atoms with Gasteiger partial charge in [-0.2, -0.15) is 0 Å². The summed E-state index contributed by atoms with van der Waals surface area (Å²) in [5.41, 5.74) is 1.34. The summed E-state index contributed by atoms with van der Waals surface area (Å²) in [5.74, 6) is 0.726. The Morgan fingerprint density at radius 1 is 1.32 bits per heavy atom. The molecule has 0 aliphatic rings. The van der Waals surface area contributed by atoms with Crippen molar-refractivity contribution in [2.45, 2.75) is 19.9 Å². The van der Waals surface area contributed by atoms with E-state index in [1.54, 1.807) is 19.2 Å². The first-order valence-corrected chi connectivity index (χ1v) is 7.88. The fourth-order valence-corrected chi connectivity index (χ4v) is 3.08. The number of hydrogen-bond acceptors (Lipinski definition) is 5. The van der Waals surface area contributed by atoms with Crippen molar-refractivity contribution < 1.29 is 4.74 Å². The highest BCUT2D eigenvalue weighted by atomic mass is 32.1. The molecule has 0 unspecified atom stereocenters. The third-order valence-electron chi connectivity index (χ3n) is 3.24. The summed E-state index contributed by atoms with van der Waals surface area (Å²) in [5, 5.41) is 7.51. The van der Waals surface area contributed by atoms with E-state index in [1.807, 2.05) is 17.5 Å². The highest BCUT2D eigenvalue weighted by Crippen LogP contribution is 2.26. The van der Waals surface area contributed by atoms with E-state index in [0.29, 0.717) is 17.1 Å². The molecule has 0 radical (unpaired) electrons. The summed E-state index contributed by atoms with van der Waals surface area (Å²) < 4.78 is 5.22. The van der Waals surface area contributed by atoms with Crippen molar-refractivity contribution in [3.63, 3.8) is 0 Å². The lowest BCUT2D eigenvalue weighted by atomic mass is 10.1. The molecule has 0 atom stereocenters. The van der Waals surface area contributed by atoms with Gasteiger partial charge in [0.15, 0.2) is 5.13 Å². The molecular weight excluding hydrogens is 298 g/mol. The van der Waals surface area contributed by atoms with Crippen LogP contribution in [0.15, 0.2) is 34.4 Å². The number of H-pyrrole nitrogens is 1. The van der Waals surface area contributed by atoms with Crippen molar-refractivity contribution >= 4 is 27.2 Å². The molecule has 1 aromatic carbocycles. The molecule has 2 N–H and O–H groups in total. The molecule has 0 fully saturated rings. The summed E-state index contributed by atoms with van der Waals surface area (Å²) in [4.78, 5) is 19.6. The number of benzene rings is 1. The predicted molar refractivity (Wildman–Crippen MR) is 91.0 cm³/mol. The van der Waals surface area contributed by atoms with Gasteiger partial charge in [-0.1, -0.05) is 0 Å². The lowest BCUT2D eigenvalue weighted by molar-refractivity contribution is 0.415. The van der Waals surface area contributed by atoms with E-state index < -0.39 is 0 Å². The van der Waals surface area contributed by atoms with Gasteiger partial charge in [-0.05, 0) is 43.5 Å².